The average Bonchev–Trinajstić information content (AvgIpc) is 2.29. The third kappa shape index (κ3) is 2.22. The summed E-state index contributed by atoms with van der Waals surface area (Å²) in [6.07, 6.45) is 2.64. The van der Waals surface area contributed by atoms with Gasteiger partial charge in [-0.15, -0.1) is 0 Å². The van der Waals surface area contributed by atoms with Gasteiger partial charge in [0, 0.05) is 6.20 Å². The summed E-state index contributed by atoms with van der Waals surface area (Å²) in [7, 11) is 0. The Hall–Kier alpha value is -2.24. The summed E-state index contributed by atoms with van der Waals surface area (Å²) in [5, 5.41) is 2.42. The molecule has 0 fully saturated rings. The van der Waals surface area contributed by atoms with Crippen LogP contribution in [0.15, 0.2) is 24.5 Å². The molecule has 0 unspecified atom stereocenters. The van der Waals surface area contributed by atoms with E-state index in [1.807, 2.05) is 0 Å². The Morgan fingerprint density at radius 2 is 2.31 bits per heavy atom. The van der Waals surface area contributed by atoms with E-state index >= 15 is 0 Å². The van der Waals surface area contributed by atoms with Gasteiger partial charge in [-0.25, -0.2) is 14.8 Å². The maximum absolute atomic E-state index is 11.1. The second-order valence-corrected chi connectivity index (χ2v) is 2.95. The quantitative estimate of drug-likeness (QED) is 0.828. The van der Waals surface area contributed by atoms with Gasteiger partial charge >= 0.3 is 6.09 Å². The highest BCUT2D eigenvalue weighted by Crippen LogP contribution is 2.08. The van der Waals surface area contributed by atoms with Gasteiger partial charge in [0.1, 0.15) is 5.52 Å². The molecule has 2 aromatic rings. The molecule has 0 atom stereocenters. The fourth-order valence-corrected chi connectivity index (χ4v) is 1.19. The maximum atomic E-state index is 11.1. The summed E-state index contributed by atoms with van der Waals surface area (Å²) < 4.78 is 4.71. The van der Waals surface area contributed by atoms with Crippen molar-refractivity contribution < 1.29 is 9.53 Å². The highest BCUT2D eigenvalue weighted by Gasteiger charge is 2.05. The number of hydrogen-bond acceptors (Lipinski definition) is 5. The SMILES string of the molecule is CCOC(=O)Nc1ncc2ncccc2n1. The predicted octanol–water partition coefficient (Wildman–Crippen LogP) is 1.59. The van der Waals surface area contributed by atoms with E-state index in [0.29, 0.717) is 17.6 Å². The van der Waals surface area contributed by atoms with Crippen molar-refractivity contribution in [2.24, 2.45) is 0 Å². The topological polar surface area (TPSA) is 77.0 Å². The molecule has 0 spiro atoms. The first-order valence-electron chi connectivity index (χ1n) is 4.81. The van der Waals surface area contributed by atoms with Crippen LogP contribution in [0.4, 0.5) is 10.7 Å². The van der Waals surface area contributed by atoms with Gasteiger partial charge in [-0.3, -0.25) is 10.3 Å². The predicted molar refractivity (Wildman–Crippen MR) is 58.0 cm³/mol. The zero-order chi connectivity index (χ0) is 11.4. The molecule has 0 saturated heterocycles. The Balaban J connectivity index is 2.22. The molecule has 6 nitrogen and oxygen atoms in total. The number of anilines is 1. The number of rotatable bonds is 2. The normalized spacial score (nSPS) is 10.1. The van der Waals surface area contributed by atoms with E-state index in [4.69, 9.17) is 4.74 Å². The van der Waals surface area contributed by atoms with Crippen molar-refractivity contribution in [3.05, 3.63) is 24.5 Å². The summed E-state index contributed by atoms with van der Waals surface area (Å²) in [5.41, 5.74) is 1.35. The van der Waals surface area contributed by atoms with E-state index < -0.39 is 6.09 Å². The molecule has 1 amide bonds. The lowest BCUT2D eigenvalue weighted by Crippen LogP contribution is -2.15. The van der Waals surface area contributed by atoms with Crippen molar-refractivity contribution >= 4 is 23.1 Å². The third-order valence-corrected chi connectivity index (χ3v) is 1.84. The molecule has 0 aliphatic carbocycles. The van der Waals surface area contributed by atoms with Crippen LogP contribution in [0.25, 0.3) is 11.0 Å². The number of pyridine rings is 1. The lowest BCUT2D eigenvalue weighted by molar-refractivity contribution is 0.167. The summed E-state index contributed by atoms with van der Waals surface area (Å²) in [6, 6.07) is 3.56. The second kappa shape index (κ2) is 4.52. The molecule has 16 heavy (non-hydrogen) atoms. The molecule has 6 heteroatoms. The van der Waals surface area contributed by atoms with Crippen LogP contribution in [0, 0.1) is 0 Å². The van der Waals surface area contributed by atoms with Crippen LogP contribution in [0.5, 0.6) is 0 Å². The van der Waals surface area contributed by atoms with Crippen LogP contribution in [0.2, 0.25) is 0 Å². The van der Waals surface area contributed by atoms with Crippen LogP contribution in [0.1, 0.15) is 6.92 Å². The molecule has 0 radical (unpaired) electrons. The average molecular weight is 218 g/mol. The minimum Gasteiger partial charge on any atom is -0.450 e. The molecule has 1 N–H and O–H groups in total. The molecule has 0 aliphatic rings. The number of ether oxygens (including phenoxy) is 1. The number of nitrogens with zero attached hydrogens (tertiary/aromatic N) is 3. The zero-order valence-corrected chi connectivity index (χ0v) is 8.67. The minimum atomic E-state index is -0.564. The van der Waals surface area contributed by atoms with Crippen LogP contribution in [-0.4, -0.2) is 27.7 Å². The number of carbonyl (C=O) groups is 1. The van der Waals surface area contributed by atoms with Gasteiger partial charge in [0.05, 0.1) is 18.3 Å². The monoisotopic (exact) mass is 218 g/mol. The van der Waals surface area contributed by atoms with Gasteiger partial charge in [-0.1, -0.05) is 0 Å². The van der Waals surface area contributed by atoms with Crippen LogP contribution in [0.3, 0.4) is 0 Å². The molecular weight excluding hydrogens is 208 g/mol. The van der Waals surface area contributed by atoms with Crippen LogP contribution >= 0.6 is 0 Å². The summed E-state index contributed by atoms with van der Waals surface area (Å²) in [6.45, 7) is 2.03. The lowest BCUT2D eigenvalue weighted by atomic mass is 10.4. The number of aromatic nitrogens is 3. The van der Waals surface area contributed by atoms with E-state index in [-0.39, 0.29) is 5.95 Å². The van der Waals surface area contributed by atoms with Gasteiger partial charge < -0.3 is 4.74 Å². The summed E-state index contributed by atoms with van der Waals surface area (Å²) in [5.74, 6) is 0.207. The maximum Gasteiger partial charge on any atom is 0.414 e. The first-order valence-corrected chi connectivity index (χ1v) is 4.81. The number of carbonyl (C=O) groups excluding carboxylic acids is 1. The molecule has 2 rings (SSSR count). The zero-order valence-electron chi connectivity index (χ0n) is 8.67. The molecule has 0 bridgehead atoms. The van der Waals surface area contributed by atoms with E-state index in [0.717, 1.165) is 0 Å². The van der Waals surface area contributed by atoms with Crippen LogP contribution < -0.4 is 5.32 Å². The fraction of sp³-hybridized carbons (Fsp3) is 0.200. The molecule has 2 aromatic heterocycles. The molecule has 2 heterocycles. The highest BCUT2D eigenvalue weighted by atomic mass is 16.5. The molecule has 0 aliphatic heterocycles. The Morgan fingerprint density at radius 3 is 3.12 bits per heavy atom. The van der Waals surface area contributed by atoms with Crippen molar-refractivity contribution in [3.8, 4) is 0 Å². The Labute approximate surface area is 91.7 Å². The summed E-state index contributed by atoms with van der Waals surface area (Å²) in [4.78, 5) is 23.2. The van der Waals surface area contributed by atoms with E-state index in [1.165, 1.54) is 0 Å². The smallest absolute Gasteiger partial charge is 0.414 e. The Morgan fingerprint density at radius 1 is 1.44 bits per heavy atom. The number of amides is 1. The highest BCUT2D eigenvalue weighted by molar-refractivity contribution is 5.83. The van der Waals surface area contributed by atoms with Crippen molar-refractivity contribution in [2.45, 2.75) is 6.92 Å². The largest absolute Gasteiger partial charge is 0.450 e. The number of fused-ring (bicyclic) bond motifs is 1. The number of nitrogens with one attached hydrogen (secondary N) is 1. The van der Waals surface area contributed by atoms with Gasteiger partial charge in [0.25, 0.3) is 0 Å². The third-order valence-electron chi connectivity index (χ3n) is 1.84. The van der Waals surface area contributed by atoms with Gasteiger partial charge in [0.15, 0.2) is 0 Å². The van der Waals surface area contributed by atoms with Crippen molar-refractivity contribution in [1.29, 1.82) is 0 Å². The van der Waals surface area contributed by atoms with E-state index in [2.05, 4.69) is 20.3 Å². The molecule has 82 valence electrons. The van der Waals surface area contributed by atoms with Gasteiger partial charge in [-0.05, 0) is 19.1 Å². The van der Waals surface area contributed by atoms with Gasteiger partial charge in [0.2, 0.25) is 5.95 Å². The van der Waals surface area contributed by atoms with Crippen molar-refractivity contribution in [2.75, 3.05) is 11.9 Å². The van der Waals surface area contributed by atoms with Crippen molar-refractivity contribution in [3.63, 3.8) is 0 Å². The summed E-state index contributed by atoms with van der Waals surface area (Å²) >= 11 is 0. The standard InChI is InChI=1S/C10H10N4O2/c1-2-16-10(15)14-9-12-6-8-7(13-9)4-3-5-11-8/h3-6H,2H2,1H3,(H,12,13,14,15). The lowest BCUT2D eigenvalue weighted by Gasteiger charge is -2.03. The Kier molecular flexibility index (Phi) is 2.90. The van der Waals surface area contributed by atoms with Crippen LogP contribution in [-0.2, 0) is 4.74 Å². The number of hydrogen-bond donors (Lipinski definition) is 1. The molecule has 0 aromatic carbocycles. The fourth-order valence-electron chi connectivity index (χ4n) is 1.19. The first kappa shape index (κ1) is 10.3. The minimum absolute atomic E-state index is 0.207. The van der Waals surface area contributed by atoms with Gasteiger partial charge in [-0.2, -0.15) is 0 Å². The van der Waals surface area contributed by atoms with Crippen molar-refractivity contribution in [1.82, 2.24) is 15.0 Å². The Bertz CT molecular complexity index is 515. The van der Waals surface area contributed by atoms with E-state index in [1.54, 1.807) is 31.5 Å². The second-order valence-electron chi connectivity index (χ2n) is 2.95. The molecular formula is C10H10N4O2. The van der Waals surface area contributed by atoms with E-state index in [9.17, 15) is 4.79 Å². The first-order chi connectivity index (χ1) is 7.79. The molecule has 0 saturated carbocycles.